The van der Waals surface area contributed by atoms with Crippen LogP contribution in [-0.2, 0) is 4.79 Å². The molecule has 0 aliphatic heterocycles. The van der Waals surface area contributed by atoms with Crippen LogP contribution in [0.1, 0.15) is 30.6 Å². The summed E-state index contributed by atoms with van der Waals surface area (Å²) in [6, 6.07) is 7.28. The molecular weight excluding hydrogens is 331 g/mol. The smallest absolute Gasteiger partial charge is 0.252 e. The van der Waals surface area contributed by atoms with Crippen LogP contribution in [-0.4, -0.2) is 17.4 Å². The molecule has 0 atom stereocenters. The average molecular weight is 346 g/mol. The Kier molecular flexibility index (Phi) is 4.50. The summed E-state index contributed by atoms with van der Waals surface area (Å²) in [6.45, 7) is 3.54. The van der Waals surface area contributed by atoms with Crippen LogP contribution in [0.15, 0.2) is 24.3 Å². The minimum Gasteiger partial charge on any atom is -0.370 e. The van der Waals surface area contributed by atoms with Crippen LogP contribution < -0.4 is 11.1 Å². The van der Waals surface area contributed by atoms with E-state index in [4.69, 9.17) is 5.73 Å². The van der Waals surface area contributed by atoms with Gasteiger partial charge in [0.25, 0.3) is 5.91 Å². The highest BCUT2D eigenvalue weighted by Gasteiger charge is 2.24. The van der Waals surface area contributed by atoms with Crippen LogP contribution in [0.25, 0.3) is 0 Å². The topological polar surface area (TPSA) is 72.2 Å². The molecule has 0 unspecified atom stereocenters. The number of carbonyl (C=O) groups is 2. The minimum atomic E-state index is -0.637. The summed E-state index contributed by atoms with van der Waals surface area (Å²) in [5.74, 6) is -0.626. The molecule has 1 rings (SSSR count). The Hall–Kier alpha value is -1.11. The summed E-state index contributed by atoms with van der Waals surface area (Å²) in [5, 5.41) is 2.80. The molecule has 0 saturated carbocycles. The molecule has 17 heavy (non-hydrogen) atoms. The van der Waals surface area contributed by atoms with Gasteiger partial charge in [0, 0.05) is 15.5 Å². The third kappa shape index (κ3) is 4.33. The third-order valence-corrected chi connectivity index (χ3v) is 3.13. The summed E-state index contributed by atoms with van der Waals surface area (Å²) in [7, 11) is 0. The van der Waals surface area contributed by atoms with E-state index < -0.39 is 11.4 Å². The van der Waals surface area contributed by atoms with E-state index in [1.54, 1.807) is 26.0 Å². The summed E-state index contributed by atoms with van der Waals surface area (Å²) in [6.07, 6.45) is 0.113. The van der Waals surface area contributed by atoms with E-state index in [9.17, 15) is 9.59 Å². The lowest BCUT2D eigenvalue weighted by atomic mass is 9.99. The van der Waals surface area contributed by atoms with Gasteiger partial charge in [-0.1, -0.05) is 12.1 Å². The average Bonchev–Trinajstić information content (AvgIpc) is 2.14. The summed E-state index contributed by atoms with van der Waals surface area (Å²) >= 11 is 2.10. The highest BCUT2D eigenvalue weighted by molar-refractivity contribution is 14.1. The van der Waals surface area contributed by atoms with Crippen molar-refractivity contribution in [2.45, 2.75) is 25.8 Å². The van der Waals surface area contributed by atoms with E-state index in [2.05, 4.69) is 27.9 Å². The molecule has 0 bridgehead atoms. The maximum atomic E-state index is 12.0. The Morgan fingerprint density at radius 2 is 1.94 bits per heavy atom. The molecule has 0 heterocycles. The Morgan fingerprint density at radius 3 is 2.47 bits per heavy atom. The molecule has 1 aromatic rings. The zero-order valence-corrected chi connectivity index (χ0v) is 11.9. The van der Waals surface area contributed by atoms with E-state index in [-0.39, 0.29) is 12.3 Å². The van der Waals surface area contributed by atoms with Gasteiger partial charge in [-0.15, -0.1) is 0 Å². The fraction of sp³-hybridized carbons (Fsp3) is 0.333. The fourth-order valence-electron chi connectivity index (χ4n) is 1.50. The van der Waals surface area contributed by atoms with E-state index in [1.165, 1.54) is 0 Å². The van der Waals surface area contributed by atoms with Crippen molar-refractivity contribution in [1.82, 2.24) is 5.32 Å². The maximum absolute atomic E-state index is 12.0. The van der Waals surface area contributed by atoms with Crippen LogP contribution in [0.4, 0.5) is 0 Å². The van der Waals surface area contributed by atoms with Crippen LogP contribution >= 0.6 is 22.6 Å². The number of nitrogens with two attached hydrogens (primary N) is 1. The zero-order chi connectivity index (χ0) is 13.1. The molecular formula is C12H15IN2O2. The van der Waals surface area contributed by atoms with E-state index >= 15 is 0 Å². The molecule has 4 nitrogen and oxygen atoms in total. The second kappa shape index (κ2) is 5.48. The monoisotopic (exact) mass is 346 g/mol. The quantitative estimate of drug-likeness (QED) is 0.815. The van der Waals surface area contributed by atoms with Crippen molar-refractivity contribution in [3.8, 4) is 0 Å². The first-order valence-corrected chi connectivity index (χ1v) is 6.25. The number of carbonyl (C=O) groups excluding carboxylic acids is 2. The summed E-state index contributed by atoms with van der Waals surface area (Å²) < 4.78 is 0.873. The van der Waals surface area contributed by atoms with Gasteiger partial charge >= 0.3 is 0 Å². The molecule has 3 N–H and O–H groups in total. The van der Waals surface area contributed by atoms with Gasteiger partial charge in [-0.25, -0.2) is 0 Å². The largest absolute Gasteiger partial charge is 0.370 e. The van der Waals surface area contributed by atoms with Crippen LogP contribution in [0.5, 0.6) is 0 Å². The number of benzene rings is 1. The molecule has 5 heteroatoms. The summed E-state index contributed by atoms with van der Waals surface area (Å²) in [4.78, 5) is 22.9. The number of halogens is 1. The van der Waals surface area contributed by atoms with Crippen molar-refractivity contribution in [1.29, 1.82) is 0 Å². The molecule has 0 fully saturated rings. The van der Waals surface area contributed by atoms with Gasteiger partial charge in [0.15, 0.2) is 0 Å². The number of hydrogen-bond acceptors (Lipinski definition) is 2. The van der Waals surface area contributed by atoms with Crippen LogP contribution in [0, 0.1) is 3.57 Å². The minimum absolute atomic E-state index is 0.113. The number of amides is 2. The van der Waals surface area contributed by atoms with Crippen molar-refractivity contribution < 1.29 is 9.59 Å². The number of rotatable bonds is 4. The SMILES string of the molecule is CC(C)(CC(N)=O)NC(=O)c1ccccc1I. The van der Waals surface area contributed by atoms with Gasteiger partial charge < -0.3 is 11.1 Å². The molecule has 0 spiro atoms. The maximum Gasteiger partial charge on any atom is 0.252 e. The zero-order valence-electron chi connectivity index (χ0n) is 9.79. The number of nitrogens with one attached hydrogen (secondary N) is 1. The molecule has 2 amide bonds. The van der Waals surface area contributed by atoms with Gasteiger partial charge in [-0.05, 0) is 48.6 Å². The van der Waals surface area contributed by atoms with Crippen molar-refractivity contribution >= 4 is 34.4 Å². The van der Waals surface area contributed by atoms with Crippen molar-refractivity contribution in [2.24, 2.45) is 5.73 Å². The van der Waals surface area contributed by atoms with E-state index in [0.29, 0.717) is 5.56 Å². The Bertz CT molecular complexity index is 444. The first-order chi connectivity index (χ1) is 7.82. The Morgan fingerprint density at radius 1 is 1.35 bits per heavy atom. The molecule has 0 aromatic heterocycles. The van der Waals surface area contributed by atoms with Crippen LogP contribution in [0.2, 0.25) is 0 Å². The lowest BCUT2D eigenvalue weighted by Crippen LogP contribution is -2.46. The van der Waals surface area contributed by atoms with Gasteiger partial charge in [0.05, 0.1) is 5.56 Å². The van der Waals surface area contributed by atoms with Crippen molar-refractivity contribution in [2.75, 3.05) is 0 Å². The Labute approximate surface area is 114 Å². The lowest BCUT2D eigenvalue weighted by Gasteiger charge is -2.25. The third-order valence-electron chi connectivity index (χ3n) is 2.19. The van der Waals surface area contributed by atoms with Gasteiger partial charge in [0.2, 0.25) is 5.91 Å². The standard InChI is InChI=1S/C12H15IN2O2/c1-12(2,7-10(14)16)15-11(17)8-5-3-4-6-9(8)13/h3-6H,7H2,1-2H3,(H2,14,16)(H,15,17). The molecule has 0 aliphatic carbocycles. The first-order valence-electron chi connectivity index (χ1n) is 5.17. The molecule has 1 aromatic carbocycles. The van der Waals surface area contributed by atoms with Crippen molar-refractivity contribution in [3.63, 3.8) is 0 Å². The Balaban J connectivity index is 2.79. The second-order valence-electron chi connectivity index (χ2n) is 4.46. The van der Waals surface area contributed by atoms with Crippen molar-refractivity contribution in [3.05, 3.63) is 33.4 Å². The first kappa shape index (κ1) is 14.0. The molecule has 92 valence electrons. The molecule has 0 radical (unpaired) electrons. The normalized spacial score (nSPS) is 11.0. The fourth-order valence-corrected chi connectivity index (χ4v) is 2.13. The predicted octanol–water partition coefficient (Wildman–Crippen LogP) is 1.68. The van der Waals surface area contributed by atoms with E-state index in [0.717, 1.165) is 3.57 Å². The highest BCUT2D eigenvalue weighted by atomic mass is 127. The van der Waals surface area contributed by atoms with Crippen LogP contribution in [0.3, 0.4) is 0 Å². The lowest BCUT2D eigenvalue weighted by molar-refractivity contribution is -0.119. The molecule has 0 saturated heterocycles. The van der Waals surface area contributed by atoms with Gasteiger partial charge in [0.1, 0.15) is 0 Å². The molecule has 0 aliphatic rings. The number of primary amides is 1. The second-order valence-corrected chi connectivity index (χ2v) is 5.62. The summed E-state index contributed by atoms with van der Waals surface area (Å²) in [5.41, 5.74) is 5.10. The number of hydrogen-bond donors (Lipinski definition) is 2. The van der Waals surface area contributed by atoms with Gasteiger partial charge in [-0.3, -0.25) is 9.59 Å². The van der Waals surface area contributed by atoms with E-state index in [1.807, 2.05) is 12.1 Å². The predicted molar refractivity (Wildman–Crippen MR) is 74.5 cm³/mol. The highest BCUT2D eigenvalue weighted by Crippen LogP contribution is 2.14. The van der Waals surface area contributed by atoms with Gasteiger partial charge in [-0.2, -0.15) is 0 Å².